The summed E-state index contributed by atoms with van der Waals surface area (Å²) in [4.78, 5) is 21.9. The number of nitrogens with one attached hydrogen (secondary N) is 1. The average Bonchev–Trinajstić information content (AvgIpc) is 3.02. The molecular weight excluding hydrogens is 443 g/mol. The number of nitro benzene ring substituents is 1. The van der Waals surface area contributed by atoms with Crippen molar-refractivity contribution in [1.29, 1.82) is 0 Å². The number of rotatable bonds is 8. The molecule has 11 heteroatoms. The fourth-order valence-electron chi connectivity index (χ4n) is 3.34. The minimum absolute atomic E-state index is 0. The van der Waals surface area contributed by atoms with E-state index in [-0.39, 0.29) is 36.5 Å². The number of halogens is 2. The molecule has 0 unspecified atom stereocenters. The molecule has 1 atom stereocenters. The van der Waals surface area contributed by atoms with Gasteiger partial charge in [0.1, 0.15) is 5.82 Å². The SMILES string of the molecule is Cl.Cl.NCCC[C@H](N)Cn1c(NC(N)=O)cc2ccc(-c3ccc([N+](=O)[O-])cc3)cc21. The lowest BCUT2D eigenvalue weighted by atomic mass is 10.0. The molecule has 2 amide bonds. The van der Waals surface area contributed by atoms with E-state index in [2.05, 4.69) is 5.32 Å². The molecule has 0 fully saturated rings. The van der Waals surface area contributed by atoms with Crippen LogP contribution in [0.25, 0.3) is 22.0 Å². The molecule has 3 rings (SSSR count). The first-order chi connectivity index (χ1) is 13.9. The van der Waals surface area contributed by atoms with Gasteiger partial charge in [-0.05, 0) is 54.8 Å². The topological polar surface area (TPSA) is 155 Å². The summed E-state index contributed by atoms with van der Waals surface area (Å²) in [5, 5.41) is 14.4. The van der Waals surface area contributed by atoms with Crippen LogP contribution in [0.5, 0.6) is 0 Å². The van der Waals surface area contributed by atoms with Crippen LogP contribution in [0.4, 0.5) is 16.3 Å². The molecule has 9 nitrogen and oxygen atoms in total. The number of hydrogen-bond donors (Lipinski definition) is 4. The third-order valence-corrected chi connectivity index (χ3v) is 4.76. The first-order valence-electron chi connectivity index (χ1n) is 9.29. The maximum Gasteiger partial charge on any atom is 0.317 e. The number of benzene rings is 2. The van der Waals surface area contributed by atoms with Gasteiger partial charge in [0, 0.05) is 30.1 Å². The van der Waals surface area contributed by atoms with E-state index >= 15 is 0 Å². The maximum atomic E-state index is 11.4. The fraction of sp³-hybridized carbons (Fsp3) is 0.250. The maximum absolute atomic E-state index is 11.4. The minimum Gasteiger partial charge on any atom is -0.351 e. The summed E-state index contributed by atoms with van der Waals surface area (Å²) in [5.74, 6) is 0.566. The summed E-state index contributed by atoms with van der Waals surface area (Å²) < 4.78 is 1.93. The lowest BCUT2D eigenvalue weighted by molar-refractivity contribution is -0.384. The Kier molecular flexibility index (Phi) is 9.73. The van der Waals surface area contributed by atoms with Gasteiger partial charge in [0.05, 0.1) is 10.4 Å². The third kappa shape index (κ3) is 6.31. The van der Waals surface area contributed by atoms with E-state index < -0.39 is 11.0 Å². The van der Waals surface area contributed by atoms with Crippen LogP contribution in [0.2, 0.25) is 0 Å². The highest BCUT2D eigenvalue weighted by atomic mass is 35.5. The Morgan fingerprint density at radius 1 is 1.10 bits per heavy atom. The monoisotopic (exact) mass is 468 g/mol. The van der Waals surface area contributed by atoms with Crippen LogP contribution < -0.4 is 22.5 Å². The van der Waals surface area contributed by atoms with Gasteiger partial charge in [0.15, 0.2) is 0 Å². The Bertz CT molecular complexity index is 1040. The highest BCUT2D eigenvalue weighted by molar-refractivity contribution is 5.94. The van der Waals surface area contributed by atoms with Crippen molar-refractivity contribution in [3.05, 3.63) is 58.6 Å². The Labute approximate surface area is 191 Å². The van der Waals surface area contributed by atoms with Crippen LogP contribution in [-0.4, -0.2) is 28.1 Å². The predicted octanol–water partition coefficient (Wildman–Crippen LogP) is 3.62. The summed E-state index contributed by atoms with van der Waals surface area (Å²) in [5.41, 5.74) is 19.8. The van der Waals surface area contributed by atoms with E-state index in [9.17, 15) is 14.9 Å². The summed E-state index contributed by atoms with van der Waals surface area (Å²) in [6, 6.07) is 13.3. The number of non-ortho nitro benzene ring substituents is 1. The quantitative estimate of drug-likeness (QED) is 0.293. The van der Waals surface area contributed by atoms with Crippen molar-refractivity contribution in [2.75, 3.05) is 11.9 Å². The molecule has 31 heavy (non-hydrogen) atoms. The molecule has 0 aliphatic carbocycles. The average molecular weight is 469 g/mol. The number of nitrogens with two attached hydrogens (primary N) is 3. The number of urea groups is 1. The van der Waals surface area contributed by atoms with Gasteiger partial charge < -0.3 is 21.8 Å². The van der Waals surface area contributed by atoms with E-state index in [0.29, 0.717) is 18.9 Å². The van der Waals surface area contributed by atoms with E-state index in [1.807, 2.05) is 28.8 Å². The molecule has 0 saturated heterocycles. The summed E-state index contributed by atoms with van der Waals surface area (Å²) in [6.45, 7) is 1.06. The Hall–Kier alpha value is -2.85. The minimum atomic E-state index is -0.653. The zero-order valence-electron chi connectivity index (χ0n) is 16.7. The van der Waals surface area contributed by atoms with Gasteiger partial charge in [-0.3, -0.25) is 15.4 Å². The number of amides is 2. The first-order valence-corrected chi connectivity index (χ1v) is 9.29. The van der Waals surface area contributed by atoms with Gasteiger partial charge in [-0.1, -0.05) is 12.1 Å². The number of carbonyl (C=O) groups is 1. The van der Waals surface area contributed by atoms with Crippen molar-refractivity contribution in [1.82, 2.24) is 4.57 Å². The van der Waals surface area contributed by atoms with Crippen molar-refractivity contribution >= 4 is 53.3 Å². The first kappa shape index (κ1) is 26.2. The Balaban J connectivity index is 0.00000240. The van der Waals surface area contributed by atoms with Crippen LogP contribution in [0, 0.1) is 10.1 Å². The number of fused-ring (bicyclic) bond motifs is 1. The van der Waals surface area contributed by atoms with Crippen molar-refractivity contribution in [2.45, 2.75) is 25.4 Å². The standard InChI is InChI=1S/C20H24N6O3.2ClH/c21-9-1-2-16(22)12-25-18-10-14(13-5-7-17(8-6-13)26(28)29)3-4-15(18)11-19(25)24-20(23)27;;/h3-8,10-11,16H,1-2,9,12,21-22H2,(H3,23,24,27);2*1H/t16-;;/m0../s1. The normalized spacial score (nSPS) is 11.3. The van der Waals surface area contributed by atoms with Crippen molar-refractivity contribution in [2.24, 2.45) is 17.2 Å². The summed E-state index contributed by atoms with van der Waals surface area (Å²) in [6.07, 6.45) is 1.57. The number of nitro groups is 1. The van der Waals surface area contributed by atoms with Gasteiger partial charge in [-0.2, -0.15) is 0 Å². The number of hydrogen-bond acceptors (Lipinski definition) is 5. The number of anilines is 1. The number of nitrogens with zero attached hydrogens (tertiary/aromatic N) is 2. The van der Waals surface area contributed by atoms with E-state index in [4.69, 9.17) is 17.2 Å². The van der Waals surface area contributed by atoms with E-state index in [1.54, 1.807) is 12.1 Å². The van der Waals surface area contributed by atoms with Gasteiger partial charge >= 0.3 is 6.03 Å². The van der Waals surface area contributed by atoms with Gasteiger partial charge in [-0.25, -0.2) is 4.79 Å². The lowest BCUT2D eigenvalue weighted by Crippen LogP contribution is -2.29. The zero-order chi connectivity index (χ0) is 21.0. The van der Waals surface area contributed by atoms with Gasteiger partial charge in [0.25, 0.3) is 5.69 Å². The largest absolute Gasteiger partial charge is 0.351 e. The summed E-state index contributed by atoms with van der Waals surface area (Å²) >= 11 is 0. The third-order valence-electron chi connectivity index (χ3n) is 4.76. The molecular formula is C20H26Cl2N6O3. The Morgan fingerprint density at radius 2 is 1.74 bits per heavy atom. The molecule has 1 heterocycles. The molecule has 0 aliphatic heterocycles. The molecule has 168 valence electrons. The molecule has 0 aliphatic rings. The molecule has 0 spiro atoms. The smallest absolute Gasteiger partial charge is 0.317 e. The second-order valence-electron chi connectivity index (χ2n) is 6.90. The Morgan fingerprint density at radius 3 is 2.32 bits per heavy atom. The molecule has 0 radical (unpaired) electrons. The van der Waals surface area contributed by atoms with Gasteiger partial charge in [-0.15, -0.1) is 24.8 Å². The highest BCUT2D eigenvalue weighted by Crippen LogP contribution is 2.30. The number of aromatic nitrogens is 1. The molecule has 0 bridgehead atoms. The molecule has 3 aromatic rings. The van der Waals surface area contributed by atoms with E-state index in [1.165, 1.54) is 12.1 Å². The van der Waals surface area contributed by atoms with Crippen LogP contribution in [0.15, 0.2) is 48.5 Å². The molecule has 0 saturated carbocycles. The predicted molar refractivity (Wildman–Crippen MR) is 128 cm³/mol. The fourth-order valence-corrected chi connectivity index (χ4v) is 3.34. The van der Waals surface area contributed by atoms with Crippen molar-refractivity contribution in [3.63, 3.8) is 0 Å². The summed E-state index contributed by atoms with van der Waals surface area (Å²) in [7, 11) is 0. The zero-order valence-corrected chi connectivity index (χ0v) is 18.3. The number of carbonyl (C=O) groups excluding carboxylic acids is 1. The second-order valence-corrected chi connectivity index (χ2v) is 6.90. The molecule has 7 N–H and O–H groups in total. The lowest BCUT2D eigenvalue weighted by Gasteiger charge is -2.16. The van der Waals surface area contributed by atoms with Crippen LogP contribution in [0.1, 0.15) is 12.8 Å². The molecule has 2 aromatic carbocycles. The second kappa shape index (κ2) is 11.5. The number of primary amides is 1. The highest BCUT2D eigenvalue weighted by Gasteiger charge is 2.14. The van der Waals surface area contributed by atoms with Crippen molar-refractivity contribution < 1.29 is 9.72 Å². The van der Waals surface area contributed by atoms with Crippen LogP contribution >= 0.6 is 24.8 Å². The van der Waals surface area contributed by atoms with Crippen molar-refractivity contribution in [3.8, 4) is 11.1 Å². The van der Waals surface area contributed by atoms with Gasteiger partial charge in [0.2, 0.25) is 0 Å². The molecule has 1 aromatic heterocycles. The van der Waals surface area contributed by atoms with Crippen LogP contribution in [-0.2, 0) is 6.54 Å². The van der Waals surface area contributed by atoms with Crippen LogP contribution in [0.3, 0.4) is 0 Å². The van der Waals surface area contributed by atoms with E-state index in [0.717, 1.165) is 34.9 Å².